The third-order valence-electron chi connectivity index (χ3n) is 4.24. The number of aromatic nitrogens is 2. The fraction of sp³-hybridized carbons (Fsp3) is 0.778. The summed E-state index contributed by atoms with van der Waals surface area (Å²) in [7, 11) is 0. The Kier molecular flexibility index (Phi) is 5.07. The summed E-state index contributed by atoms with van der Waals surface area (Å²) in [5.41, 5.74) is 0.834. The van der Waals surface area contributed by atoms with E-state index in [-0.39, 0.29) is 17.6 Å². The van der Waals surface area contributed by atoms with Gasteiger partial charge in [-0.2, -0.15) is 0 Å². The van der Waals surface area contributed by atoms with Gasteiger partial charge in [0.1, 0.15) is 11.4 Å². The van der Waals surface area contributed by atoms with Crippen LogP contribution < -0.4 is 5.32 Å². The van der Waals surface area contributed by atoms with Gasteiger partial charge in [0.05, 0.1) is 0 Å². The number of carbonyl (C=O) groups excluding carboxylic acids is 1. The maximum atomic E-state index is 11.8. The number of alkyl carbamates (subject to hydrolysis) is 1. The first-order valence-corrected chi connectivity index (χ1v) is 8.59. The predicted octanol–water partition coefficient (Wildman–Crippen LogP) is 4.26. The standard InChI is InChI=1S/C18H31N3O2/c1-17(2,3)14-11-19-15(21-14)12-7-9-13(10-8-12)20-16(22)23-18(4,5)6/h11-13H,7-10H2,1-6H3,(H,19,21)(H,20,22). The highest BCUT2D eigenvalue weighted by Crippen LogP contribution is 2.32. The third kappa shape index (κ3) is 5.26. The van der Waals surface area contributed by atoms with Crippen molar-refractivity contribution in [2.45, 2.75) is 90.2 Å². The van der Waals surface area contributed by atoms with Crippen molar-refractivity contribution in [2.24, 2.45) is 0 Å². The zero-order valence-corrected chi connectivity index (χ0v) is 15.3. The Morgan fingerprint density at radius 2 is 1.78 bits per heavy atom. The maximum absolute atomic E-state index is 11.8. The van der Waals surface area contributed by atoms with Crippen molar-refractivity contribution in [3.63, 3.8) is 0 Å². The van der Waals surface area contributed by atoms with Crippen molar-refractivity contribution < 1.29 is 9.53 Å². The van der Waals surface area contributed by atoms with Crippen molar-refractivity contribution in [2.75, 3.05) is 0 Å². The smallest absolute Gasteiger partial charge is 0.407 e. The fourth-order valence-corrected chi connectivity index (χ4v) is 2.91. The summed E-state index contributed by atoms with van der Waals surface area (Å²) in [4.78, 5) is 19.9. The average molecular weight is 321 g/mol. The molecule has 1 amide bonds. The Balaban J connectivity index is 1.84. The minimum atomic E-state index is -0.446. The monoisotopic (exact) mass is 321 g/mol. The molecule has 0 spiro atoms. The van der Waals surface area contributed by atoms with Gasteiger partial charge in [-0.15, -0.1) is 0 Å². The number of hydrogen-bond acceptors (Lipinski definition) is 3. The average Bonchev–Trinajstić information content (AvgIpc) is 2.86. The van der Waals surface area contributed by atoms with E-state index in [0.29, 0.717) is 5.92 Å². The lowest BCUT2D eigenvalue weighted by Gasteiger charge is -2.29. The number of hydrogen-bond donors (Lipinski definition) is 2. The number of amides is 1. The molecule has 1 aliphatic rings. The molecule has 23 heavy (non-hydrogen) atoms. The molecule has 1 fully saturated rings. The number of imidazole rings is 1. The van der Waals surface area contributed by atoms with E-state index in [4.69, 9.17) is 4.74 Å². The van der Waals surface area contributed by atoms with Gasteiger partial charge >= 0.3 is 6.09 Å². The lowest BCUT2D eigenvalue weighted by atomic mass is 9.85. The first kappa shape index (κ1) is 17.8. The summed E-state index contributed by atoms with van der Waals surface area (Å²) in [6.07, 6.45) is 5.66. The quantitative estimate of drug-likeness (QED) is 0.855. The zero-order chi connectivity index (χ0) is 17.3. The molecule has 130 valence electrons. The van der Waals surface area contributed by atoms with E-state index in [9.17, 15) is 4.79 Å². The molecule has 5 heteroatoms. The van der Waals surface area contributed by atoms with Crippen LogP contribution in [0.15, 0.2) is 6.20 Å². The molecule has 0 aromatic carbocycles. The van der Waals surface area contributed by atoms with Crippen LogP contribution in [0.25, 0.3) is 0 Å². The van der Waals surface area contributed by atoms with Crippen molar-refractivity contribution in [1.29, 1.82) is 0 Å². The molecule has 5 nitrogen and oxygen atoms in total. The molecule has 0 radical (unpaired) electrons. The largest absolute Gasteiger partial charge is 0.444 e. The predicted molar refractivity (Wildman–Crippen MR) is 91.7 cm³/mol. The summed E-state index contributed by atoms with van der Waals surface area (Å²) in [6.45, 7) is 12.2. The van der Waals surface area contributed by atoms with Crippen LogP contribution in [0, 0.1) is 0 Å². The molecule has 1 heterocycles. The molecule has 0 atom stereocenters. The van der Waals surface area contributed by atoms with Gasteiger partial charge in [0.2, 0.25) is 0 Å². The van der Waals surface area contributed by atoms with E-state index in [1.807, 2.05) is 27.0 Å². The summed E-state index contributed by atoms with van der Waals surface area (Å²) in [6, 6.07) is 0.207. The molecule has 0 unspecified atom stereocenters. The Morgan fingerprint density at radius 1 is 1.17 bits per heavy atom. The second kappa shape index (κ2) is 6.54. The van der Waals surface area contributed by atoms with Crippen LogP contribution in [-0.2, 0) is 10.2 Å². The Bertz CT molecular complexity index is 529. The number of ether oxygens (including phenoxy) is 1. The second-order valence-electron chi connectivity index (χ2n) is 8.63. The highest BCUT2D eigenvalue weighted by molar-refractivity contribution is 5.68. The number of nitrogens with zero attached hydrogens (tertiary/aromatic N) is 1. The van der Waals surface area contributed by atoms with E-state index in [0.717, 1.165) is 31.5 Å². The lowest BCUT2D eigenvalue weighted by Crippen LogP contribution is -2.40. The van der Waals surface area contributed by atoms with E-state index < -0.39 is 5.60 Å². The molecule has 1 aromatic heterocycles. The molecule has 1 aliphatic carbocycles. The van der Waals surface area contributed by atoms with Gasteiger partial charge in [-0.1, -0.05) is 20.8 Å². The second-order valence-corrected chi connectivity index (χ2v) is 8.63. The minimum absolute atomic E-state index is 0.0979. The molecule has 0 bridgehead atoms. The van der Waals surface area contributed by atoms with Crippen LogP contribution in [0.1, 0.15) is 84.7 Å². The van der Waals surface area contributed by atoms with Crippen LogP contribution in [0.4, 0.5) is 4.79 Å². The van der Waals surface area contributed by atoms with Gasteiger partial charge in [0.25, 0.3) is 0 Å². The molecule has 1 saturated carbocycles. The third-order valence-corrected chi connectivity index (χ3v) is 4.24. The Morgan fingerprint density at radius 3 is 2.26 bits per heavy atom. The number of rotatable bonds is 2. The van der Waals surface area contributed by atoms with E-state index in [1.54, 1.807) is 0 Å². The number of aromatic amines is 1. The first-order chi connectivity index (χ1) is 10.5. The number of carbonyl (C=O) groups is 1. The first-order valence-electron chi connectivity index (χ1n) is 8.59. The van der Waals surface area contributed by atoms with E-state index in [1.165, 1.54) is 5.69 Å². The molecule has 2 N–H and O–H groups in total. The van der Waals surface area contributed by atoms with Crippen LogP contribution >= 0.6 is 0 Å². The Labute approximate surface area is 139 Å². The fourth-order valence-electron chi connectivity index (χ4n) is 2.91. The highest BCUT2D eigenvalue weighted by Gasteiger charge is 2.27. The summed E-state index contributed by atoms with van der Waals surface area (Å²) in [5.74, 6) is 1.55. The van der Waals surface area contributed by atoms with Gasteiger partial charge in [-0.05, 0) is 46.5 Å². The van der Waals surface area contributed by atoms with Crippen LogP contribution in [0.5, 0.6) is 0 Å². The zero-order valence-electron chi connectivity index (χ0n) is 15.3. The molecule has 1 aromatic rings. The lowest BCUT2D eigenvalue weighted by molar-refractivity contribution is 0.0491. The highest BCUT2D eigenvalue weighted by atomic mass is 16.6. The van der Waals surface area contributed by atoms with Crippen LogP contribution in [0.3, 0.4) is 0 Å². The molecular formula is C18H31N3O2. The summed E-state index contributed by atoms with van der Waals surface area (Å²) in [5, 5.41) is 2.99. The Hall–Kier alpha value is -1.52. The van der Waals surface area contributed by atoms with E-state index >= 15 is 0 Å². The SMILES string of the molecule is CC(C)(C)OC(=O)NC1CCC(c2ncc(C(C)(C)C)[nH]2)CC1. The molecule has 0 aliphatic heterocycles. The minimum Gasteiger partial charge on any atom is -0.444 e. The van der Waals surface area contributed by atoms with Crippen LogP contribution in [0.2, 0.25) is 0 Å². The van der Waals surface area contributed by atoms with Crippen molar-refractivity contribution >= 4 is 6.09 Å². The summed E-state index contributed by atoms with van der Waals surface area (Å²) < 4.78 is 5.32. The molecule has 2 rings (SSSR count). The number of H-pyrrole nitrogens is 1. The van der Waals surface area contributed by atoms with Crippen LogP contribution in [-0.4, -0.2) is 27.7 Å². The normalized spacial score (nSPS) is 22.7. The van der Waals surface area contributed by atoms with Crippen molar-refractivity contribution in [1.82, 2.24) is 15.3 Å². The number of nitrogens with one attached hydrogen (secondary N) is 2. The maximum Gasteiger partial charge on any atom is 0.407 e. The molecule has 0 saturated heterocycles. The van der Waals surface area contributed by atoms with Gasteiger partial charge in [-0.3, -0.25) is 0 Å². The summed E-state index contributed by atoms with van der Waals surface area (Å²) >= 11 is 0. The van der Waals surface area contributed by atoms with Crippen molar-refractivity contribution in [3.05, 3.63) is 17.7 Å². The van der Waals surface area contributed by atoms with Crippen molar-refractivity contribution in [3.8, 4) is 0 Å². The van der Waals surface area contributed by atoms with Gasteiger partial charge < -0.3 is 15.0 Å². The van der Waals surface area contributed by atoms with Gasteiger partial charge in [0.15, 0.2) is 0 Å². The van der Waals surface area contributed by atoms with E-state index in [2.05, 4.69) is 36.1 Å². The molecular weight excluding hydrogens is 290 g/mol. The topological polar surface area (TPSA) is 67.0 Å². The van der Waals surface area contributed by atoms with Gasteiger partial charge in [-0.25, -0.2) is 9.78 Å². The van der Waals surface area contributed by atoms with Gasteiger partial charge in [0, 0.05) is 29.3 Å².